The normalized spacial score (nSPS) is 10.4. The molecule has 98 valence electrons. The van der Waals surface area contributed by atoms with Crippen molar-refractivity contribution in [3.05, 3.63) is 35.4 Å². The Morgan fingerprint density at radius 2 is 2.00 bits per heavy atom. The number of amides is 1. The highest BCUT2D eigenvalue weighted by Crippen LogP contribution is 2.07. The van der Waals surface area contributed by atoms with Gasteiger partial charge in [0.25, 0.3) is 0 Å². The highest BCUT2D eigenvalue weighted by molar-refractivity contribution is 7.80. The van der Waals surface area contributed by atoms with Gasteiger partial charge in [0.2, 0.25) is 5.91 Å². The van der Waals surface area contributed by atoms with E-state index in [1.165, 1.54) is 0 Å². The SMILES string of the molecule is CN(CC(=O)N(C)C)Cc1cccc(C(N)=S)c1. The van der Waals surface area contributed by atoms with Crippen LogP contribution in [0.2, 0.25) is 0 Å². The maximum atomic E-state index is 11.6. The van der Waals surface area contributed by atoms with Crippen LogP contribution in [0.15, 0.2) is 24.3 Å². The molecule has 1 amide bonds. The molecule has 0 heterocycles. The van der Waals surface area contributed by atoms with Crippen LogP contribution in [0.25, 0.3) is 0 Å². The van der Waals surface area contributed by atoms with E-state index in [4.69, 9.17) is 18.0 Å². The van der Waals surface area contributed by atoms with Crippen LogP contribution in [0.3, 0.4) is 0 Å². The molecule has 0 atom stereocenters. The van der Waals surface area contributed by atoms with Gasteiger partial charge in [-0.1, -0.05) is 30.4 Å². The fourth-order valence-corrected chi connectivity index (χ4v) is 1.69. The number of rotatable bonds is 5. The van der Waals surface area contributed by atoms with Crippen molar-refractivity contribution in [2.45, 2.75) is 6.54 Å². The van der Waals surface area contributed by atoms with Gasteiger partial charge in [-0.3, -0.25) is 9.69 Å². The van der Waals surface area contributed by atoms with Crippen molar-refractivity contribution in [3.63, 3.8) is 0 Å². The highest BCUT2D eigenvalue weighted by atomic mass is 32.1. The van der Waals surface area contributed by atoms with E-state index in [-0.39, 0.29) is 5.91 Å². The Hall–Kier alpha value is -1.46. The Labute approximate surface area is 113 Å². The van der Waals surface area contributed by atoms with Gasteiger partial charge in [0.1, 0.15) is 4.99 Å². The Bertz CT molecular complexity index is 446. The van der Waals surface area contributed by atoms with Gasteiger partial charge in [0.05, 0.1) is 6.54 Å². The lowest BCUT2D eigenvalue weighted by Gasteiger charge is -2.19. The minimum Gasteiger partial charge on any atom is -0.389 e. The van der Waals surface area contributed by atoms with Crippen molar-refractivity contribution >= 4 is 23.1 Å². The summed E-state index contributed by atoms with van der Waals surface area (Å²) >= 11 is 4.94. The first-order chi connectivity index (χ1) is 8.40. The summed E-state index contributed by atoms with van der Waals surface area (Å²) in [5.41, 5.74) is 7.54. The largest absolute Gasteiger partial charge is 0.389 e. The lowest BCUT2D eigenvalue weighted by molar-refractivity contribution is -0.129. The Morgan fingerprint density at radius 3 is 2.56 bits per heavy atom. The average molecular weight is 265 g/mol. The van der Waals surface area contributed by atoms with Gasteiger partial charge in [-0.2, -0.15) is 0 Å². The molecule has 0 aliphatic heterocycles. The van der Waals surface area contributed by atoms with Crippen LogP contribution in [0.1, 0.15) is 11.1 Å². The smallest absolute Gasteiger partial charge is 0.236 e. The fourth-order valence-electron chi connectivity index (χ4n) is 1.56. The van der Waals surface area contributed by atoms with Gasteiger partial charge in [0.15, 0.2) is 0 Å². The molecule has 0 spiro atoms. The Balaban J connectivity index is 2.64. The van der Waals surface area contributed by atoms with Gasteiger partial charge in [0, 0.05) is 26.2 Å². The molecule has 0 bridgehead atoms. The number of likely N-dealkylation sites (N-methyl/N-ethyl adjacent to an activating group) is 2. The van der Waals surface area contributed by atoms with Crippen LogP contribution in [-0.2, 0) is 11.3 Å². The van der Waals surface area contributed by atoms with Crippen LogP contribution in [0.5, 0.6) is 0 Å². The first-order valence-corrected chi connectivity index (χ1v) is 6.08. The van der Waals surface area contributed by atoms with Crippen LogP contribution in [0.4, 0.5) is 0 Å². The van der Waals surface area contributed by atoms with Crippen LogP contribution in [0, 0.1) is 0 Å². The number of hydrogen-bond donors (Lipinski definition) is 1. The van der Waals surface area contributed by atoms with Crippen LogP contribution < -0.4 is 5.73 Å². The van der Waals surface area contributed by atoms with Crippen molar-refractivity contribution in [1.82, 2.24) is 9.80 Å². The van der Waals surface area contributed by atoms with Crippen molar-refractivity contribution in [1.29, 1.82) is 0 Å². The molecular formula is C13H19N3OS. The van der Waals surface area contributed by atoms with Crippen molar-refractivity contribution in [2.75, 3.05) is 27.7 Å². The molecule has 0 radical (unpaired) electrons. The molecule has 5 heteroatoms. The lowest BCUT2D eigenvalue weighted by atomic mass is 10.1. The number of nitrogens with zero attached hydrogens (tertiary/aromatic N) is 2. The number of carbonyl (C=O) groups is 1. The maximum Gasteiger partial charge on any atom is 0.236 e. The molecule has 18 heavy (non-hydrogen) atoms. The molecule has 0 aliphatic rings. The van der Waals surface area contributed by atoms with Gasteiger partial charge < -0.3 is 10.6 Å². The zero-order valence-corrected chi connectivity index (χ0v) is 11.8. The number of carbonyl (C=O) groups excluding carboxylic acids is 1. The van der Waals surface area contributed by atoms with Gasteiger partial charge in [-0.15, -0.1) is 0 Å². The molecule has 0 unspecified atom stereocenters. The zero-order valence-electron chi connectivity index (χ0n) is 11.0. The van der Waals surface area contributed by atoms with Crippen LogP contribution >= 0.6 is 12.2 Å². The molecule has 0 saturated heterocycles. The molecule has 4 nitrogen and oxygen atoms in total. The van der Waals surface area contributed by atoms with E-state index in [0.29, 0.717) is 18.1 Å². The molecule has 1 rings (SSSR count). The van der Waals surface area contributed by atoms with Gasteiger partial charge in [-0.25, -0.2) is 0 Å². The van der Waals surface area contributed by atoms with E-state index in [0.717, 1.165) is 11.1 Å². The second kappa shape index (κ2) is 6.47. The maximum absolute atomic E-state index is 11.6. The van der Waals surface area contributed by atoms with E-state index < -0.39 is 0 Å². The third kappa shape index (κ3) is 4.43. The molecule has 1 aromatic carbocycles. The molecule has 0 aromatic heterocycles. The summed E-state index contributed by atoms with van der Waals surface area (Å²) in [7, 11) is 5.42. The zero-order chi connectivity index (χ0) is 13.7. The predicted molar refractivity (Wildman–Crippen MR) is 77.4 cm³/mol. The second-order valence-corrected chi connectivity index (χ2v) is 4.96. The summed E-state index contributed by atoms with van der Waals surface area (Å²) < 4.78 is 0. The van der Waals surface area contributed by atoms with Gasteiger partial charge >= 0.3 is 0 Å². The second-order valence-electron chi connectivity index (χ2n) is 4.53. The number of thiocarbonyl (C=S) groups is 1. The van der Waals surface area contributed by atoms with Crippen molar-refractivity contribution in [2.24, 2.45) is 5.73 Å². The van der Waals surface area contributed by atoms with Crippen molar-refractivity contribution in [3.8, 4) is 0 Å². The topological polar surface area (TPSA) is 49.6 Å². The Kier molecular flexibility index (Phi) is 5.25. The molecule has 1 aromatic rings. The number of nitrogens with two attached hydrogens (primary N) is 1. The standard InChI is InChI=1S/C13H19N3OS/c1-15(2)12(17)9-16(3)8-10-5-4-6-11(7-10)13(14)18/h4-7H,8-9H2,1-3H3,(H2,14,18). The van der Waals surface area contributed by atoms with Crippen LogP contribution in [-0.4, -0.2) is 48.4 Å². The van der Waals surface area contributed by atoms with E-state index >= 15 is 0 Å². The first kappa shape index (κ1) is 14.6. The summed E-state index contributed by atoms with van der Waals surface area (Å²) in [5, 5.41) is 0. The molecule has 0 fully saturated rings. The van der Waals surface area contributed by atoms with E-state index in [1.54, 1.807) is 19.0 Å². The summed E-state index contributed by atoms with van der Waals surface area (Å²) in [5.74, 6) is 0.0861. The summed E-state index contributed by atoms with van der Waals surface area (Å²) in [6.45, 7) is 1.08. The molecule has 2 N–H and O–H groups in total. The number of hydrogen-bond acceptors (Lipinski definition) is 3. The molecular weight excluding hydrogens is 246 g/mol. The number of benzene rings is 1. The van der Waals surface area contributed by atoms with E-state index in [1.807, 2.05) is 36.2 Å². The molecule has 0 saturated carbocycles. The minimum atomic E-state index is 0.0861. The fraction of sp³-hybridized carbons (Fsp3) is 0.385. The Morgan fingerprint density at radius 1 is 1.33 bits per heavy atom. The quantitative estimate of drug-likeness (QED) is 0.802. The highest BCUT2D eigenvalue weighted by Gasteiger charge is 2.09. The minimum absolute atomic E-state index is 0.0861. The van der Waals surface area contributed by atoms with Crippen molar-refractivity contribution < 1.29 is 4.79 Å². The first-order valence-electron chi connectivity index (χ1n) is 5.67. The lowest BCUT2D eigenvalue weighted by Crippen LogP contribution is -2.34. The predicted octanol–water partition coefficient (Wildman–Crippen LogP) is 0.841. The third-order valence-corrected chi connectivity index (χ3v) is 2.80. The summed E-state index contributed by atoms with van der Waals surface area (Å²) in [4.78, 5) is 15.5. The third-order valence-electron chi connectivity index (χ3n) is 2.57. The van der Waals surface area contributed by atoms with Gasteiger partial charge in [-0.05, 0) is 18.7 Å². The molecule has 0 aliphatic carbocycles. The summed E-state index contributed by atoms with van der Waals surface area (Å²) in [6, 6.07) is 7.76. The van der Waals surface area contributed by atoms with E-state index in [2.05, 4.69) is 0 Å². The average Bonchev–Trinajstić information content (AvgIpc) is 2.28. The van der Waals surface area contributed by atoms with E-state index in [9.17, 15) is 4.79 Å². The monoisotopic (exact) mass is 265 g/mol. The summed E-state index contributed by atoms with van der Waals surface area (Å²) in [6.07, 6.45) is 0.